The van der Waals surface area contributed by atoms with E-state index in [9.17, 15) is 4.79 Å². The highest BCUT2D eigenvalue weighted by molar-refractivity contribution is 5.70. The monoisotopic (exact) mass is 131 g/mol. The van der Waals surface area contributed by atoms with Gasteiger partial charge in [0.2, 0.25) is 0 Å². The summed E-state index contributed by atoms with van der Waals surface area (Å²) in [5.41, 5.74) is 6.40. The Labute approximate surface area is 54.0 Å². The molecule has 4 nitrogen and oxygen atoms in total. The van der Waals surface area contributed by atoms with Crippen LogP contribution in [0.3, 0.4) is 0 Å². The van der Waals surface area contributed by atoms with Crippen molar-refractivity contribution in [3.63, 3.8) is 0 Å². The molecule has 1 radical (unpaired) electrons. The molecule has 9 heavy (non-hydrogen) atoms. The van der Waals surface area contributed by atoms with E-state index in [-0.39, 0.29) is 6.61 Å². The Morgan fingerprint density at radius 1 is 1.56 bits per heavy atom. The third-order valence-corrected chi connectivity index (χ3v) is 0.870. The highest BCUT2D eigenvalue weighted by Crippen LogP contribution is 1.82. The summed E-state index contributed by atoms with van der Waals surface area (Å²) in [6.45, 7) is 0.636. The lowest BCUT2D eigenvalue weighted by atomic mass is 10.3. The van der Waals surface area contributed by atoms with Crippen LogP contribution in [0.15, 0.2) is 0 Å². The largest absolute Gasteiger partial charge is 0.396 e. The lowest BCUT2D eigenvalue weighted by Gasteiger charge is -1.96. The zero-order valence-corrected chi connectivity index (χ0v) is 5.18. The fraction of sp³-hybridized carbons (Fsp3) is 0.800. The predicted molar refractivity (Wildman–Crippen MR) is 32.8 cm³/mol. The van der Waals surface area contributed by atoms with Crippen LogP contribution in [0.5, 0.6) is 0 Å². The molecule has 0 fully saturated rings. The first-order valence-corrected chi connectivity index (χ1v) is 2.87. The Kier molecular flexibility index (Phi) is 4.91. The minimum Gasteiger partial charge on any atom is -0.396 e. The van der Waals surface area contributed by atoms with Gasteiger partial charge in [-0.1, -0.05) is 0 Å². The van der Waals surface area contributed by atoms with Crippen LogP contribution >= 0.6 is 0 Å². The molecule has 0 aromatic carbocycles. The first kappa shape index (κ1) is 8.23. The van der Waals surface area contributed by atoms with Crippen molar-refractivity contribution in [1.29, 1.82) is 0 Å². The van der Waals surface area contributed by atoms with Gasteiger partial charge in [0.1, 0.15) is 0 Å². The summed E-state index contributed by atoms with van der Waals surface area (Å²) in [4.78, 5) is 9.90. The quantitative estimate of drug-likeness (QED) is 0.516. The Bertz CT molecular complexity index is 85.0. The summed E-state index contributed by atoms with van der Waals surface area (Å²) in [6, 6.07) is -0.757. The van der Waals surface area contributed by atoms with E-state index < -0.39 is 6.03 Å². The summed E-state index contributed by atoms with van der Waals surface area (Å²) in [6.07, 6.45) is 1.42. The predicted octanol–water partition coefficient (Wildman–Crippen LogP) is -0.249. The van der Waals surface area contributed by atoms with E-state index in [0.29, 0.717) is 13.0 Å². The number of hydrogen-bond donors (Lipinski definition) is 2. The van der Waals surface area contributed by atoms with Gasteiger partial charge in [-0.05, 0) is 12.8 Å². The minimum absolute atomic E-state index is 0.147. The van der Waals surface area contributed by atoms with Crippen molar-refractivity contribution in [2.45, 2.75) is 12.8 Å². The maximum Gasteiger partial charge on any atom is 0.333 e. The molecule has 0 atom stereocenters. The summed E-state index contributed by atoms with van der Waals surface area (Å²) >= 11 is 0. The molecule has 0 saturated carbocycles. The van der Waals surface area contributed by atoms with E-state index in [1.807, 2.05) is 0 Å². The average molecular weight is 131 g/mol. The molecule has 0 aromatic rings. The number of rotatable bonds is 4. The molecule has 0 aromatic heterocycles. The summed E-state index contributed by atoms with van der Waals surface area (Å²) in [7, 11) is 0. The molecule has 53 valence electrons. The zero-order chi connectivity index (χ0) is 7.11. The number of urea groups is 1. The molecule has 0 spiro atoms. The van der Waals surface area contributed by atoms with Crippen LogP contribution in [-0.2, 0) is 0 Å². The maximum atomic E-state index is 9.90. The van der Waals surface area contributed by atoms with Gasteiger partial charge in [-0.3, -0.25) is 0 Å². The average Bonchev–Trinajstić information content (AvgIpc) is 1.80. The Morgan fingerprint density at radius 2 is 2.22 bits per heavy atom. The van der Waals surface area contributed by atoms with Crippen molar-refractivity contribution < 1.29 is 9.90 Å². The fourth-order valence-electron chi connectivity index (χ4n) is 0.439. The molecule has 4 heteroatoms. The summed E-state index contributed by atoms with van der Waals surface area (Å²) in [5.74, 6) is 0. The van der Waals surface area contributed by atoms with Crippen molar-refractivity contribution in [2.75, 3.05) is 13.2 Å². The van der Waals surface area contributed by atoms with E-state index in [1.54, 1.807) is 0 Å². The first-order valence-electron chi connectivity index (χ1n) is 2.87. The van der Waals surface area contributed by atoms with Gasteiger partial charge in [-0.25, -0.2) is 10.5 Å². The number of carbonyl (C=O) groups is 1. The molecule has 0 rings (SSSR count). The molecule has 0 aliphatic heterocycles. The van der Waals surface area contributed by atoms with Crippen molar-refractivity contribution in [3.8, 4) is 0 Å². The number of aliphatic hydroxyl groups is 1. The van der Waals surface area contributed by atoms with Gasteiger partial charge in [-0.2, -0.15) is 0 Å². The van der Waals surface area contributed by atoms with Crippen LogP contribution in [0.2, 0.25) is 0 Å². The van der Waals surface area contributed by atoms with Crippen molar-refractivity contribution in [1.82, 2.24) is 11.1 Å². The van der Waals surface area contributed by atoms with Crippen LogP contribution in [0.4, 0.5) is 4.79 Å². The Hall–Kier alpha value is -0.770. The number of unbranched alkanes of at least 4 members (excludes halogenated alkanes) is 1. The van der Waals surface area contributed by atoms with E-state index in [4.69, 9.17) is 10.8 Å². The van der Waals surface area contributed by atoms with Crippen LogP contribution in [0.25, 0.3) is 0 Å². The number of amides is 2. The number of nitrogens with one attached hydrogen (secondary N) is 2. The SMILES string of the molecule is [NH]C(=O)NCCCCO. The van der Waals surface area contributed by atoms with Crippen molar-refractivity contribution in [2.24, 2.45) is 0 Å². The first-order chi connectivity index (χ1) is 4.27. The van der Waals surface area contributed by atoms with Crippen molar-refractivity contribution in [3.05, 3.63) is 0 Å². The van der Waals surface area contributed by atoms with Crippen LogP contribution in [0.1, 0.15) is 12.8 Å². The van der Waals surface area contributed by atoms with E-state index in [1.165, 1.54) is 0 Å². The smallest absolute Gasteiger partial charge is 0.333 e. The van der Waals surface area contributed by atoms with Crippen LogP contribution in [-0.4, -0.2) is 24.3 Å². The molecule has 0 heterocycles. The van der Waals surface area contributed by atoms with Crippen LogP contribution in [0, 0.1) is 0 Å². The molecular weight excluding hydrogens is 120 g/mol. The lowest BCUT2D eigenvalue weighted by molar-refractivity contribution is 0.246. The van der Waals surface area contributed by atoms with Gasteiger partial charge in [0.05, 0.1) is 0 Å². The fourth-order valence-corrected chi connectivity index (χ4v) is 0.439. The number of aliphatic hydroxyl groups excluding tert-OH is 1. The molecule has 0 bridgehead atoms. The normalized spacial score (nSPS) is 9.00. The second kappa shape index (κ2) is 5.37. The number of carbonyl (C=O) groups excluding carboxylic acids is 1. The Morgan fingerprint density at radius 3 is 2.67 bits per heavy atom. The van der Waals surface area contributed by atoms with Gasteiger partial charge in [0.15, 0.2) is 0 Å². The molecule has 0 saturated heterocycles. The summed E-state index contributed by atoms with van der Waals surface area (Å²) < 4.78 is 0. The second-order valence-corrected chi connectivity index (χ2v) is 1.69. The molecule has 0 aliphatic carbocycles. The molecule has 3 N–H and O–H groups in total. The zero-order valence-electron chi connectivity index (χ0n) is 5.18. The standard InChI is InChI=1S/C5H11N2O2/c6-5(9)7-3-1-2-4-8/h6,8H,1-4H2,(H,7,9). The highest BCUT2D eigenvalue weighted by Gasteiger charge is 1.89. The Balaban J connectivity index is 2.83. The molecule has 2 amide bonds. The minimum atomic E-state index is -0.757. The van der Waals surface area contributed by atoms with Gasteiger partial charge in [0, 0.05) is 13.2 Å². The molecular formula is C5H11N2O2. The summed E-state index contributed by atoms with van der Waals surface area (Å²) in [5, 5.41) is 10.6. The van der Waals surface area contributed by atoms with E-state index in [0.717, 1.165) is 6.42 Å². The third kappa shape index (κ3) is 7.23. The van der Waals surface area contributed by atoms with Gasteiger partial charge < -0.3 is 10.4 Å². The van der Waals surface area contributed by atoms with Gasteiger partial charge in [0.25, 0.3) is 0 Å². The lowest BCUT2D eigenvalue weighted by Crippen LogP contribution is -2.23. The maximum absolute atomic E-state index is 9.90. The van der Waals surface area contributed by atoms with Gasteiger partial charge in [-0.15, -0.1) is 0 Å². The third-order valence-electron chi connectivity index (χ3n) is 0.870. The topological polar surface area (TPSA) is 73.1 Å². The second-order valence-electron chi connectivity index (χ2n) is 1.69. The number of hydrogen-bond acceptors (Lipinski definition) is 2. The van der Waals surface area contributed by atoms with E-state index in [2.05, 4.69) is 5.32 Å². The molecule has 0 aliphatic rings. The van der Waals surface area contributed by atoms with E-state index >= 15 is 0 Å². The van der Waals surface area contributed by atoms with Crippen LogP contribution < -0.4 is 11.1 Å². The highest BCUT2D eigenvalue weighted by atomic mass is 16.2. The van der Waals surface area contributed by atoms with Crippen molar-refractivity contribution >= 4 is 6.03 Å². The molecule has 0 unspecified atom stereocenters. The van der Waals surface area contributed by atoms with Gasteiger partial charge >= 0.3 is 6.03 Å².